The zero-order valence-electron chi connectivity index (χ0n) is 12.9. The molecule has 0 aromatic heterocycles. The van der Waals surface area contributed by atoms with E-state index in [2.05, 4.69) is 53.5 Å². The fourth-order valence-electron chi connectivity index (χ4n) is 4.61. The molecule has 1 aromatic carbocycles. The molecule has 0 amide bonds. The van der Waals surface area contributed by atoms with Crippen molar-refractivity contribution < 1.29 is 0 Å². The molecule has 2 bridgehead atoms. The van der Waals surface area contributed by atoms with Crippen molar-refractivity contribution in [3.8, 4) is 0 Å². The molecule has 1 heteroatoms. The van der Waals surface area contributed by atoms with Gasteiger partial charge in [-0.05, 0) is 94.8 Å². The molecule has 1 nitrogen and oxygen atoms in total. The van der Waals surface area contributed by atoms with Crippen molar-refractivity contribution in [2.45, 2.75) is 65.5 Å². The summed E-state index contributed by atoms with van der Waals surface area (Å²) >= 11 is 0. The Morgan fingerprint density at radius 3 is 1.39 bits per heavy atom. The summed E-state index contributed by atoms with van der Waals surface area (Å²) < 4.78 is 0. The third kappa shape index (κ3) is 1.04. The summed E-state index contributed by atoms with van der Waals surface area (Å²) in [6.07, 6.45) is 2.60. The average molecular weight is 243 g/mol. The smallest absolute Gasteiger partial charge is 0.0445 e. The Balaban J connectivity index is 2.47. The highest BCUT2D eigenvalue weighted by molar-refractivity contribution is 5.59. The van der Waals surface area contributed by atoms with E-state index in [4.69, 9.17) is 0 Å². The molecular weight excluding hydrogens is 218 g/mol. The number of hydrogen-bond acceptors (Lipinski definition) is 1. The minimum Gasteiger partial charge on any atom is -0.287 e. The summed E-state index contributed by atoms with van der Waals surface area (Å²) in [7, 11) is 2.32. The number of rotatable bonds is 0. The molecule has 0 unspecified atom stereocenters. The second kappa shape index (κ2) is 3.19. The monoisotopic (exact) mass is 243 g/mol. The van der Waals surface area contributed by atoms with Gasteiger partial charge in [0.25, 0.3) is 0 Å². The molecule has 2 atom stereocenters. The first kappa shape index (κ1) is 12.2. The van der Waals surface area contributed by atoms with Crippen LogP contribution in [0.1, 0.15) is 60.1 Å². The van der Waals surface area contributed by atoms with Gasteiger partial charge in [-0.3, -0.25) is 4.90 Å². The summed E-state index contributed by atoms with van der Waals surface area (Å²) in [5, 5.41) is 0. The van der Waals surface area contributed by atoms with Crippen LogP contribution in [0.4, 0.5) is 0 Å². The van der Waals surface area contributed by atoms with Crippen molar-refractivity contribution in [3.63, 3.8) is 0 Å². The second-order valence-corrected chi connectivity index (χ2v) is 6.86. The van der Waals surface area contributed by atoms with Crippen LogP contribution in [0, 0.1) is 27.7 Å². The van der Waals surface area contributed by atoms with Gasteiger partial charge in [-0.25, -0.2) is 0 Å². The first-order valence-electron chi connectivity index (χ1n) is 7.10. The Morgan fingerprint density at radius 1 is 0.722 bits per heavy atom. The van der Waals surface area contributed by atoms with Crippen LogP contribution in [0.15, 0.2) is 0 Å². The first-order chi connectivity index (χ1) is 8.25. The Morgan fingerprint density at radius 2 is 1.06 bits per heavy atom. The van der Waals surface area contributed by atoms with Crippen LogP contribution in [0.2, 0.25) is 0 Å². The zero-order chi connectivity index (χ0) is 13.5. The summed E-state index contributed by atoms with van der Waals surface area (Å²) in [4.78, 5) is 2.63. The predicted molar refractivity (Wildman–Crippen MR) is 77.1 cm³/mol. The molecule has 2 aliphatic heterocycles. The second-order valence-electron chi connectivity index (χ2n) is 6.86. The Bertz CT molecular complexity index is 508. The van der Waals surface area contributed by atoms with Crippen molar-refractivity contribution >= 4 is 0 Å². The molecule has 0 spiro atoms. The fourth-order valence-corrected chi connectivity index (χ4v) is 4.61. The summed E-state index contributed by atoms with van der Waals surface area (Å²) in [5.74, 6) is 0. The summed E-state index contributed by atoms with van der Waals surface area (Å²) in [5.41, 5.74) is 9.86. The standard InChI is InChI=1S/C17H25N/c1-10-11(2)13(4)15-14(12(10)3)16(5)8-9-17(15,6)18(16)7/h8-9H2,1-7H3/t16-,17+. The van der Waals surface area contributed by atoms with Crippen LogP contribution in [-0.4, -0.2) is 11.9 Å². The summed E-state index contributed by atoms with van der Waals surface area (Å²) in [6.45, 7) is 14.1. The van der Waals surface area contributed by atoms with Crippen LogP contribution in [0.5, 0.6) is 0 Å². The highest BCUT2D eigenvalue weighted by Gasteiger charge is 2.58. The van der Waals surface area contributed by atoms with Crippen molar-refractivity contribution in [2.24, 2.45) is 0 Å². The van der Waals surface area contributed by atoms with Gasteiger partial charge in [0.15, 0.2) is 0 Å². The lowest BCUT2D eigenvalue weighted by atomic mass is 9.72. The van der Waals surface area contributed by atoms with E-state index in [-0.39, 0.29) is 11.1 Å². The lowest BCUT2D eigenvalue weighted by Crippen LogP contribution is -2.37. The Hall–Kier alpha value is -0.820. The van der Waals surface area contributed by atoms with Crippen molar-refractivity contribution in [1.29, 1.82) is 0 Å². The molecule has 1 saturated heterocycles. The zero-order valence-corrected chi connectivity index (χ0v) is 12.9. The van der Waals surface area contributed by atoms with E-state index in [1.807, 2.05) is 0 Å². The van der Waals surface area contributed by atoms with Crippen LogP contribution in [0.3, 0.4) is 0 Å². The average Bonchev–Trinajstić information content (AvgIpc) is 2.66. The maximum atomic E-state index is 2.63. The number of fused-ring (bicyclic) bond motifs is 5. The molecule has 1 aromatic rings. The molecule has 18 heavy (non-hydrogen) atoms. The van der Waals surface area contributed by atoms with Gasteiger partial charge < -0.3 is 0 Å². The van der Waals surface area contributed by atoms with Gasteiger partial charge in [-0.2, -0.15) is 0 Å². The van der Waals surface area contributed by atoms with E-state index in [0.717, 1.165) is 0 Å². The maximum Gasteiger partial charge on any atom is 0.0445 e. The largest absolute Gasteiger partial charge is 0.287 e. The van der Waals surface area contributed by atoms with Crippen LogP contribution < -0.4 is 0 Å². The van der Waals surface area contributed by atoms with Gasteiger partial charge >= 0.3 is 0 Å². The van der Waals surface area contributed by atoms with Crippen LogP contribution in [0.25, 0.3) is 0 Å². The third-order valence-corrected chi connectivity index (χ3v) is 6.34. The van der Waals surface area contributed by atoms with E-state index in [1.165, 1.54) is 35.1 Å². The number of nitrogens with zero attached hydrogens (tertiary/aromatic N) is 1. The van der Waals surface area contributed by atoms with Gasteiger partial charge in [0, 0.05) is 11.1 Å². The van der Waals surface area contributed by atoms with Crippen LogP contribution in [-0.2, 0) is 11.1 Å². The Kier molecular flexibility index (Phi) is 2.17. The summed E-state index contributed by atoms with van der Waals surface area (Å²) in [6, 6.07) is 0. The molecule has 2 heterocycles. The molecule has 3 rings (SSSR count). The third-order valence-electron chi connectivity index (χ3n) is 6.34. The SMILES string of the molecule is Cc1c(C)c(C)c2c(c1C)[C@]1(C)CC[C@@]2(C)N1C. The highest BCUT2D eigenvalue weighted by Crippen LogP contribution is 2.61. The van der Waals surface area contributed by atoms with Gasteiger partial charge in [0.1, 0.15) is 0 Å². The maximum absolute atomic E-state index is 2.63. The van der Waals surface area contributed by atoms with Gasteiger partial charge in [-0.1, -0.05) is 0 Å². The quantitative estimate of drug-likeness (QED) is 0.663. The lowest BCUT2D eigenvalue weighted by molar-refractivity contribution is 0.119. The van der Waals surface area contributed by atoms with Gasteiger partial charge in [0.05, 0.1) is 0 Å². The molecule has 0 saturated carbocycles. The minimum atomic E-state index is 0.261. The fraction of sp³-hybridized carbons (Fsp3) is 0.647. The molecule has 0 aliphatic carbocycles. The molecule has 2 aliphatic rings. The molecule has 98 valence electrons. The molecular formula is C17H25N. The normalized spacial score (nSPS) is 34.2. The van der Waals surface area contributed by atoms with Crippen LogP contribution >= 0.6 is 0 Å². The molecule has 1 fully saturated rings. The number of hydrogen-bond donors (Lipinski definition) is 0. The van der Waals surface area contributed by atoms with E-state index in [1.54, 1.807) is 11.1 Å². The lowest BCUT2D eigenvalue weighted by Gasteiger charge is -2.32. The van der Waals surface area contributed by atoms with Gasteiger partial charge in [-0.15, -0.1) is 0 Å². The number of benzene rings is 1. The van der Waals surface area contributed by atoms with E-state index >= 15 is 0 Å². The first-order valence-corrected chi connectivity index (χ1v) is 7.10. The van der Waals surface area contributed by atoms with E-state index in [0.29, 0.717) is 0 Å². The van der Waals surface area contributed by atoms with Gasteiger partial charge in [0.2, 0.25) is 0 Å². The minimum absolute atomic E-state index is 0.261. The molecule has 0 N–H and O–H groups in total. The Labute approximate surface area is 111 Å². The highest BCUT2D eigenvalue weighted by atomic mass is 15.3. The van der Waals surface area contributed by atoms with E-state index in [9.17, 15) is 0 Å². The van der Waals surface area contributed by atoms with E-state index < -0.39 is 0 Å². The van der Waals surface area contributed by atoms with Crippen molar-refractivity contribution in [2.75, 3.05) is 7.05 Å². The molecule has 0 radical (unpaired) electrons. The topological polar surface area (TPSA) is 3.24 Å². The van der Waals surface area contributed by atoms with Crippen molar-refractivity contribution in [3.05, 3.63) is 33.4 Å². The van der Waals surface area contributed by atoms with Crippen molar-refractivity contribution in [1.82, 2.24) is 4.90 Å². The predicted octanol–water partition coefficient (Wildman–Crippen LogP) is 4.09.